The van der Waals surface area contributed by atoms with Gasteiger partial charge in [-0.15, -0.1) is 0 Å². The predicted octanol–water partition coefficient (Wildman–Crippen LogP) is 4.06. The summed E-state index contributed by atoms with van der Waals surface area (Å²) in [7, 11) is -0.506. The Balaban J connectivity index is 1.87. The second kappa shape index (κ2) is 4.36. The Bertz CT molecular complexity index is 360. The van der Waals surface area contributed by atoms with Crippen LogP contribution < -0.4 is 0 Å². The topological polar surface area (TPSA) is 26.3 Å². The minimum absolute atomic E-state index is 0.0654. The van der Waals surface area contributed by atoms with Crippen LogP contribution >= 0.6 is 10.5 Å². The van der Waals surface area contributed by atoms with Gasteiger partial charge < -0.3 is 4.74 Å². The summed E-state index contributed by atoms with van der Waals surface area (Å²) in [6.07, 6.45) is 9.47. The molecule has 0 radical (unpaired) electrons. The Labute approximate surface area is 112 Å². The second-order valence-corrected chi connectivity index (χ2v) is 8.21. The Morgan fingerprint density at radius 2 is 1.72 bits per heavy atom. The minimum Gasteiger partial charge on any atom is -0.451 e. The fourth-order valence-corrected chi connectivity index (χ4v) is 5.32. The van der Waals surface area contributed by atoms with Gasteiger partial charge in [0, 0.05) is 0 Å². The monoisotopic (exact) mass is 268 g/mol. The van der Waals surface area contributed by atoms with Crippen molar-refractivity contribution in [3.05, 3.63) is 0 Å². The van der Waals surface area contributed by atoms with E-state index in [-0.39, 0.29) is 10.9 Å². The highest BCUT2D eigenvalue weighted by Crippen LogP contribution is 2.60. The van der Waals surface area contributed by atoms with Gasteiger partial charge in [0.1, 0.15) is 5.60 Å². The van der Waals surface area contributed by atoms with E-state index in [1.165, 1.54) is 32.1 Å². The van der Waals surface area contributed by atoms with Crippen molar-refractivity contribution >= 4 is 21.7 Å². The van der Waals surface area contributed by atoms with Crippen molar-refractivity contribution in [2.24, 2.45) is 23.7 Å². The van der Waals surface area contributed by atoms with Gasteiger partial charge in [0.15, 0.2) is 0 Å². The summed E-state index contributed by atoms with van der Waals surface area (Å²) in [6, 6.07) is 0. The molecule has 0 heterocycles. The van der Waals surface area contributed by atoms with Gasteiger partial charge in [0.25, 0.3) is 0 Å². The number of hydrogen-bond acceptors (Lipinski definition) is 2. The fourth-order valence-electron chi connectivity index (χ4n) is 5.02. The largest absolute Gasteiger partial charge is 0.451 e. The SMILES string of the molecule is C=S(C)C(=O)OC1(CC)C2CC3CC(C2)CC1C3. The molecule has 0 N–H and O–H groups in total. The first-order chi connectivity index (χ1) is 8.55. The van der Waals surface area contributed by atoms with Gasteiger partial charge in [-0.05, 0) is 68.5 Å². The molecule has 4 saturated carbocycles. The molecule has 0 aromatic heterocycles. The molecular weight excluding hydrogens is 244 g/mol. The van der Waals surface area contributed by atoms with Crippen molar-refractivity contribution in [3.8, 4) is 0 Å². The van der Waals surface area contributed by atoms with Crippen LogP contribution in [0.25, 0.3) is 0 Å². The summed E-state index contributed by atoms with van der Waals surface area (Å²) < 4.78 is 6.04. The third-order valence-electron chi connectivity index (χ3n) is 5.63. The quantitative estimate of drug-likeness (QED) is 0.557. The van der Waals surface area contributed by atoms with Gasteiger partial charge in [-0.1, -0.05) is 23.3 Å². The lowest BCUT2D eigenvalue weighted by atomic mass is 9.49. The van der Waals surface area contributed by atoms with Crippen LogP contribution in [0.15, 0.2) is 0 Å². The Morgan fingerprint density at radius 1 is 1.22 bits per heavy atom. The van der Waals surface area contributed by atoms with Gasteiger partial charge in [-0.3, -0.25) is 0 Å². The van der Waals surface area contributed by atoms with Crippen LogP contribution in [-0.4, -0.2) is 23.0 Å². The first-order valence-corrected chi connectivity index (χ1v) is 9.04. The highest BCUT2D eigenvalue weighted by Gasteiger charge is 2.58. The Hall–Kier alpha value is -0.310. The molecule has 3 heteroatoms. The zero-order valence-corrected chi connectivity index (χ0v) is 12.3. The number of rotatable bonds is 2. The molecule has 0 saturated heterocycles. The van der Waals surface area contributed by atoms with Crippen LogP contribution in [0.3, 0.4) is 0 Å². The molecule has 0 aromatic rings. The van der Waals surface area contributed by atoms with Crippen molar-refractivity contribution in [1.29, 1.82) is 0 Å². The summed E-state index contributed by atoms with van der Waals surface area (Å²) in [6.45, 7) is 2.20. The van der Waals surface area contributed by atoms with Crippen LogP contribution in [0.4, 0.5) is 4.79 Å². The van der Waals surface area contributed by atoms with E-state index in [4.69, 9.17) is 4.74 Å². The average molecular weight is 268 g/mol. The molecule has 0 amide bonds. The van der Waals surface area contributed by atoms with Crippen molar-refractivity contribution in [2.45, 2.75) is 51.0 Å². The molecule has 18 heavy (non-hydrogen) atoms. The fraction of sp³-hybridized carbons (Fsp3) is 0.867. The summed E-state index contributed by atoms with van der Waals surface area (Å²) in [5.41, 5.74) is -0.135. The van der Waals surface area contributed by atoms with Crippen LogP contribution in [0.2, 0.25) is 0 Å². The summed E-state index contributed by atoms with van der Waals surface area (Å²) in [5.74, 6) is 6.95. The molecule has 102 valence electrons. The highest BCUT2D eigenvalue weighted by atomic mass is 32.2. The van der Waals surface area contributed by atoms with Crippen molar-refractivity contribution in [2.75, 3.05) is 6.26 Å². The zero-order chi connectivity index (χ0) is 12.9. The number of hydrogen-bond donors (Lipinski definition) is 0. The van der Waals surface area contributed by atoms with E-state index in [1.54, 1.807) is 0 Å². The lowest BCUT2D eigenvalue weighted by molar-refractivity contribution is -0.169. The zero-order valence-electron chi connectivity index (χ0n) is 11.5. The minimum atomic E-state index is -0.506. The molecule has 4 aliphatic carbocycles. The number of carbonyl (C=O) groups excluding carboxylic acids is 1. The standard InChI is InChI=1S/C15H24O2S/c1-4-15(17-14(16)18(2)3)12-6-10-5-11(8-12)9-13(15)7-10/h10-13H,2,4-9H2,1,3H3. The van der Waals surface area contributed by atoms with Crippen molar-refractivity contribution in [3.63, 3.8) is 0 Å². The molecule has 4 fully saturated rings. The van der Waals surface area contributed by atoms with Crippen LogP contribution in [0, 0.1) is 23.7 Å². The maximum Gasteiger partial charge on any atom is 0.361 e. The van der Waals surface area contributed by atoms with E-state index in [0.29, 0.717) is 11.8 Å². The molecule has 0 spiro atoms. The predicted molar refractivity (Wildman–Crippen MR) is 77.2 cm³/mol. The Kier molecular flexibility index (Phi) is 3.08. The van der Waals surface area contributed by atoms with Crippen LogP contribution in [0.1, 0.15) is 45.4 Å². The molecule has 4 bridgehead atoms. The van der Waals surface area contributed by atoms with E-state index in [1.807, 2.05) is 6.26 Å². The first kappa shape index (κ1) is 12.7. The molecular formula is C15H24O2S. The molecule has 0 aliphatic heterocycles. The number of carbonyl (C=O) groups is 1. The van der Waals surface area contributed by atoms with Gasteiger partial charge in [-0.25, -0.2) is 4.79 Å². The average Bonchev–Trinajstić information content (AvgIpc) is 2.32. The Morgan fingerprint density at radius 3 is 2.11 bits per heavy atom. The van der Waals surface area contributed by atoms with Crippen LogP contribution in [-0.2, 0) is 4.74 Å². The van der Waals surface area contributed by atoms with E-state index >= 15 is 0 Å². The lowest BCUT2D eigenvalue weighted by Crippen LogP contribution is -2.59. The van der Waals surface area contributed by atoms with Crippen molar-refractivity contribution in [1.82, 2.24) is 0 Å². The molecule has 2 nitrogen and oxygen atoms in total. The van der Waals surface area contributed by atoms with Gasteiger partial charge >= 0.3 is 5.30 Å². The lowest BCUT2D eigenvalue weighted by Gasteiger charge is -2.60. The summed E-state index contributed by atoms with van der Waals surface area (Å²) >= 11 is 0. The van der Waals surface area contributed by atoms with E-state index in [0.717, 1.165) is 18.3 Å². The van der Waals surface area contributed by atoms with Gasteiger partial charge in [0.05, 0.1) is 0 Å². The molecule has 4 aliphatic rings. The first-order valence-electron chi connectivity index (χ1n) is 7.23. The summed E-state index contributed by atoms with van der Waals surface area (Å²) in [5, 5.41) is -0.0654. The second-order valence-electron chi connectivity index (χ2n) is 6.60. The summed E-state index contributed by atoms with van der Waals surface area (Å²) in [4.78, 5) is 12.0. The molecule has 1 unspecified atom stereocenters. The van der Waals surface area contributed by atoms with E-state index in [2.05, 4.69) is 12.8 Å². The number of ether oxygens (including phenoxy) is 1. The maximum atomic E-state index is 12.0. The van der Waals surface area contributed by atoms with E-state index < -0.39 is 10.5 Å². The van der Waals surface area contributed by atoms with Crippen LogP contribution in [0.5, 0.6) is 0 Å². The normalized spacial score (nSPS) is 47.0. The third kappa shape index (κ3) is 1.77. The maximum absolute atomic E-state index is 12.0. The third-order valence-corrected chi connectivity index (χ3v) is 6.28. The highest BCUT2D eigenvalue weighted by molar-refractivity contribution is 8.26. The molecule has 1 atom stereocenters. The molecule has 4 rings (SSSR count). The van der Waals surface area contributed by atoms with E-state index in [9.17, 15) is 4.79 Å². The van der Waals surface area contributed by atoms with Gasteiger partial charge in [0.2, 0.25) is 0 Å². The molecule has 0 aromatic carbocycles. The van der Waals surface area contributed by atoms with Gasteiger partial charge in [-0.2, -0.15) is 0 Å². The van der Waals surface area contributed by atoms with Crippen molar-refractivity contribution < 1.29 is 9.53 Å². The smallest absolute Gasteiger partial charge is 0.361 e.